The maximum Gasteiger partial charge on any atom is 0.306 e. The molecule has 5 nitrogen and oxygen atoms in total. The molecule has 1 aromatic rings. The Morgan fingerprint density at radius 3 is 2.94 bits per heavy atom. The van der Waals surface area contributed by atoms with Crippen molar-refractivity contribution in [3.05, 3.63) is 17.7 Å². The maximum absolute atomic E-state index is 10.8. The second kappa shape index (κ2) is 3.92. The zero-order valence-corrected chi connectivity index (χ0v) is 8.77. The lowest BCUT2D eigenvalue weighted by molar-refractivity contribution is -0.141. The number of aromatic hydroxyl groups is 1. The van der Waals surface area contributed by atoms with Crippen LogP contribution < -0.4 is 9.47 Å². The molecule has 1 unspecified atom stereocenters. The first kappa shape index (κ1) is 10.6. The smallest absolute Gasteiger partial charge is 0.306 e. The first-order chi connectivity index (χ1) is 7.59. The van der Waals surface area contributed by atoms with Crippen LogP contribution in [0.1, 0.15) is 12.5 Å². The molecule has 1 aliphatic heterocycles. The van der Waals surface area contributed by atoms with Gasteiger partial charge in [-0.2, -0.15) is 0 Å². The molecule has 2 rings (SSSR count). The number of hydrogen-bond donors (Lipinski definition) is 2. The van der Waals surface area contributed by atoms with Crippen LogP contribution >= 0.6 is 0 Å². The van der Waals surface area contributed by atoms with E-state index < -0.39 is 11.9 Å². The van der Waals surface area contributed by atoms with Crippen molar-refractivity contribution in [3.63, 3.8) is 0 Å². The van der Waals surface area contributed by atoms with Crippen molar-refractivity contribution in [3.8, 4) is 17.2 Å². The van der Waals surface area contributed by atoms with Gasteiger partial charge in [-0.1, -0.05) is 6.92 Å². The summed E-state index contributed by atoms with van der Waals surface area (Å²) in [4.78, 5) is 10.8. The zero-order valence-electron chi connectivity index (χ0n) is 8.77. The highest BCUT2D eigenvalue weighted by Gasteiger charge is 2.24. The highest BCUT2D eigenvalue weighted by Crippen LogP contribution is 2.41. The molecule has 86 valence electrons. The largest absolute Gasteiger partial charge is 0.508 e. The predicted octanol–water partition coefficient (Wildman–Crippen LogP) is 1.38. The van der Waals surface area contributed by atoms with E-state index in [4.69, 9.17) is 14.6 Å². The Morgan fingerprint density at radius 1 is 1.50 bits per heavy atom. The van der Waals surface area contributed by atoms with Gasteiger partial charge in [-0.25, -0.2) is 0 Å². The van der Waals surface area contributed by atoms with Crippen molar-refractivity contribution >= 4 is 5.97 Å². The number of carboxylic acids is 1. The van der Waals surface area contributed by atoms with Crippen LogP contribution in [0.5, 0.6) is 17.2 Å². The molecule has 0 amide bonds. The molecule has 0 saturated carbocycles. The summed E-state index contributed by atoms with van der Waals surface area (Å²) in [5.74, 6) is -0.451. The second-order valence-corrected chi connectivity index (χ2v) is 3.74. The molecule has 0 aromatic heterocycles. The van der Waals surface area contributed by atoms with Crippen molar-refractivity contribution < 1.29 is 24.5 Å². The van der Waals surface area contributed by atoms with Gasteiger partial charge < -0.3 is 19.7 Å². The van der Waals surface area contributed by atoms with Crippen molar-refractivity contribution in [2.24, 2.45) is 5.92 Å². The van der Waals surface area contributed by atoms with E-state index in [2.05, 4.69) is 0 Å². The fraction of sp³-hybridized carbons (Fsp3) is 0.364. The van der Waals surface area contributed by atoms with Gasteiger partial charge in [0.25, 0.3) is 0 Å². The van der Waals surface area contributed by atoms with Crippen LogP contribution in [0.2, 0.25) is 0 Å². The average molecular weight is 224 g/mol. The Morgan fingerprint density at radius 2 is 2.25 bits per heavy atom. The first-order valence-corrected chi connectivity index (χ1v) is 4.93. The normalized spacial score (nSPS) is 14.8. The highest BCUT2D eigenvalue weighted by atomic mass is 16.7. The predicted molar refractivity (Wildman–Crippen MR) is 54.7 cm³/mol. The van der Waals surface area contributed by atoms with Gasteiger partial charge in [0.1, 0.15) is 5.75 Å². The molecule has 0 radical (unpaired) electrons. The molecule has 16 heavy (non-hydrogen) atoms. The van der Waals surface area contributed by atoms with E-state index in [1.165, 1.54) is 6.07 Å². The van der Waals surface area contributed by atoms with Gasteiger partial charge in [0, 0.05) is 5.56 Å². The number of ether oxygens (including phenoxy) is 2. The number of carboxylic acid groups (broad SMARTS) is 1. The molecule has 1 atom stereocenters. The van der Waals surface area contributed by atoms with E-state index in [1.807, 2.05) is 0 Å². The lowest BCUT2D eigenvalue weighted by atomic mass is 9.99. The third-order valence-electron chi connectivity index (χ3n) is 2.55. The standard InChI is InChI=1S/C11H12O5/c1-6(11(13)14)4-7-8(12)2-3-9-10(7)16-5-15-9/h2-3,6,12H,4-5H2,1H3,(H,13,14). The molecule has 0 saturated heterocycles. The molecule has 0 fully saturated rings. The number of phenols is 1. The summed E-state index contributed by atoms with van der Waals surface area (Å²) in [5.41, 5.74) is 0.491. The van der Waals surface area contributed by atoms with Gasteiger partial charge in [0.05, 0.1) is 5.92 Å². The summed E-state index contributed by atoms with van der Waals surface area (Å²) in [7, 11) is 0. The number of fused-ring (bicyclic) bond motifs is 1. The van der Waals surface area contributed by atoms with Gasteiger partial charge in [-0.05, 0) is 18.6 Å². The molecule has 0 aliphatic carbocycles. The molecule has 2 N–H and O–H groups in total. The van der Waals surface area contributed by atoms with Crippen LogP contribution in [0.25, 0.3) is 0 Å². The van der Waals surface area contributed by atoms with Crippen LogP contribution in [0.4, 0.5) is 0 Å². The number of rotatable bonds is 3. The summed E-state index contributed by atoms with van der Waals surface area (Å²) < 4.78 is 10.4. The molecule has 5 heteroatoms. The van der Waals surface area contributed by atoms with Crippen molar-refractivity contribution in [2.45, 2.75) is 13.3 Å². The van der Waals surface area contributed by atoms with Crippen LogP contribution in [-0.2, 0) is 11.2 Å². The first-order valence-electron chi connectivity index (χ1n) is 4.93. The van der Waals surface area contributed by atoms with Crippen molar-refractivity contribution in [2.75, 3.05) is 6.79 Å². The van der Waals surface area contributed by atoms with Gasteiger partial charge in [0.15, 0.2) is 11.5 Å². The van der Waals surface area contributed by atoms with E-state index in [1.54, 1.807) is 13.0 Å². The SMILES string of the molecule is CC(Cc1c(O)ccc2c1OCO2)C(=O)O. The van der Waals surface area contributed by atoms with E-state index in [9.17, 15) is 9.90 Å². The molecular formula is C11H12O5. The zero-order chi connectivity index (χ0) is 11.7. The van der Waals surface area contributed by atoms with E-state index in [0.29, 0.717) is 17.1 Å². The minimum absolute atomic E-state index is 0.0392. The fourth-order valence-electron chi connectivity index (χ4n) is 1.61. The number of carbonyl (C=O) groups is 1. The lowest BCUT2D eigenvalue weighted by Gasteiger charge is -2.10. The van der Waals surface area contributed by atoms with Gasteiger partial charge in [0.2, 0.25) is 6.79 Å². The molecule has 1 heterocycles. The minimum atomic E-state index is -0.907. The number of phenolic OH excluding ortho intramolecular Hbond substituents is 1. The van der Waals surface area contributed by atoms with Crippen LogP contribution in [0.15, 0.2) is 12.1 Å². The minimum Gasteiger partial charge on any atom is -0.508 e. The molecule has 1 aromatic carbocycles. The van der Waals surface area contributed by atoms with Crippen LogP contribution in [0, 0.1) is 5.92 Å². The second-order valence-electron chi connectivity index (χ2n) is 3.74. The average Bonchev–Trinajstić information content (AvgIpc) is 2.70. The maximum atomic E-state index is 10.8. The van der Waals surface area contributed by atoms with Crippen molar-refractivity contribution in [1.82, 2.24) is 0 Å². The summed E-state index contributed by atoms with van der Waals surface area (Å²) in [5, 5.41) is 18.5. The monoisotopic (exact) mass is 224 g/mol. The third-order valence-corrected chi connectivity index (χ3v) is 2.55. The van der Waals surface area contributed by atoms with Gasteiger partial charge in [-0.3, -0.25) is 4.79 Å². The van der Waals surface area contributed by atoms with E-state index in [0.717, 1.165) is 0 Å². The Labute approximate surface area is 92.2 Å². The number of benzene rings is 1. The lowest BCUT2D eigenvalue weighted by Crippen LogP contribution is -2.12. The topological polar surface area (TPSA) is 76.0 Å². The number of aliphatic carboxylic acids is 1. The summed E-state index contributed by atoms with van der Waals surface area (Å²) in [6, 6.07) is 3.09. The molecule has 1 aliphatic rings. The van der Waals surface area contributed by atoms with E-state index in [-0.39, 0.29) is 19.0 Å². The quantitative estimate of drug-likeness (QED) is 0.811. The highest BCUT2D eigenvalue weighted by molar-refractivity contribution is 5.70. The summed E-state index contributed by atoms with van der Waals surface area (Å²) in [6.07, 6.45) is 0.216. The Hall–Kier alpha value is -1.91. The molecular weight excluding hydrogens is 212 g/mol. The van der Waals surface area contributed by atoms with Gasteiger partial charge >= 0.3 is 5.97 Å². The number of hydrogen-bond acceptors (Lipinski definition) is 4. The Kier molecular flexibility index (Phi) is 2.60. The Bertz CT molecular complexity index is 427. The molecule has 0 bridgehead atoms. The van der Waals surface area contributed by atoms with Crippen LogP contribution in [-0.4, -0.2) is 23.0 Å². The summed E-state index contributed by atoms with van der Waals surface area (Å²) >= 11 is 0. The van der Waals surface area contributed by atoms with Crippen LogP contribution in [0.3, 0.4) is 0 Å². The fourth-order valence-corrected chi connectivity index (χ4v) is 1.61. The third kappa shape index (κ3) is 1.76. The van der Waals surface area contributed by atoms with Crippen molar-refractivity contribution in [1.29, 1.82) is 0 Å². The molecule has 0 spiro atoms. The van der Waals surface area contributed by atoms with E-state index >= 15 is 0 Å². The Balaban J connectivity index is 2.33. The summed E-state index contributed by atoms with van der Waals surface area (Å²) in [6.45, 7) is 1.68. The van der Waals surface area contributed by atoms with Gasteiger partial charge in [-0.15, -0.1) is 0 Å².